The molecule has 1 aliphatic heterocycles. The number of unbranched alkanes of at least 4 members (excludes halogenated alkanes) is 9. The van der Waals surface area contributed by atoms with E-state index in [0.717, 1.165) is 19.4 Å². The van der Waals surface area contributed by atoms with Crippen LogP contribution in [0.15, 0.2) is 0 Å². The first-order valence-electron chi connectivity index (χ1n) is 10.3. The smallest absolute Gasteiger partial charge is 0.424 e. The van der Waals surface area contributed by atoms with E-state index in [1.165, 1.54) is 51.4 Å². The molecule has 0 saturated carbocycles. The minimum absolute atomic E-state index is 0.00771. The van der Waals surface area contributed by atoms with E-state index in [4.69, 9.17) is 4.74 Å². The molecule has 1 radical (unpaired) electrons. The van der Waals surface area contributed by atoms with Crippen molar-refractivity contribution < 1.29 is 9.53 Å². The normalized spacial score (nSPS) is 18.2. The standard InChI is InChI=1S/C21H41N2O2/c1-7-9-10-11-12-13-14-15-16-17-18-22(19(24)25-8-2)23-20(3,4)21(23,5)6/h1,7-18H2,2-6H3. The van der Waals surface area contributed by atoms with Crippen LogP contribution in [0, 0.1) is 6.92 Å². The highest BCUT2D eigenvalue weighted by molar-refractivity contribution is 5.67. The molecule has 0 unspecified atom stereocenters. The molecule has 1 fully saturated rings. The van der Waals surface area contributed by atoms with Crippen LogP contribution in [0.4, 0.5) is 4.79 Å². The maximum atomic E-state index is 12.3. The third kappa shape index (κ3) is 6.16. The Morgan fingerprint density at radius 2 is 1.32 bits per heavy atom. The average Bonchev–Trinajstić information content (AvgIpc) is 2.95. The lowest BCUT2D eigenvalue weighted by Gasteiger charge is -2.26. The summed E-state index contributed by atoms with van der Waals surface area (Å²) in [6, 6.07) is 0. The molecule has 1 saturated heterocycles. The number of carbonyl (C=O) groups is 1. The first kappa shape index (κ1) is 22.3. The number of hydrazine groups is 1. The minimum Gasteiger partial charge on any atom is -0.449 e. The molecule has 1 aliphatic rings. The second-order valence-corrected chi connectivity index (χ2v) is 8.29. The van der Waals surface area contributed by atoms with Crippen LogP contribution in [0.1, 0.15) is 98.8 Å². The van der Waals surface area contributed by atoms with Crippen LogP contribution >= 0.6 is 0 Å². The van der Waals surface area contributed by atoms with Gasteiger partial charge in [-0.3, -0.25) is 0 Å². The quantitative estimate of drug-likeness (QED) is 0.302. The van der Waals surface area contributed by atoms with E-state index in [2.05, 4.69) is 39.6 Å². The molecule has 1 rings (SSSR count). The molecule has 4 nitrogen and oxygen atoms in total. The van der Waals surface area contributed by atoms with E-state index in [1.54, 1.807) is 0 Å². The van der Waals surface area contributed by atoms with Gasteiger partial charge in [0.2, 0.25) is 0 Å². The van der Waals surface area contributed by atoms with Gasteiger partial charge in [-0.1, -0.05) is 64.7 Å². The van der Waals surface area contributed by atoms with Gasteiger partial charge in [-0.25, -0.2) is 14.8 Å². The zero-order chi connectivity index (χ0) is 18.9. The number of amides is 1. The predicted octanol–water partition coefficient (Wildman–Crippen LogP) is 5.97. The summed E-state index contributed by atoms with van der Waals surface area (Å²) in [7, 11) is 0. The molecule has 0 aromatic carbocycles. The lowest BCUT2D eigenvalue weighted by Crippen LogP contribution is -2.41. The number of rotatable bonds is 13. The number of carbonyl (C=O) groups excluding carboxylic acids is 1. The van der Waals surface area contributed by atoms with Crippen LogP contribution in [0.25, 0.3) is 0 Å². The second kappa shape index (κ2) is 10.4. The lowest BCUT2D eigenvalue weighted by molar-refractivity contribution is 0.0210. The summed E-state index contributed by atoms with van der Waals surface area (Å²) in [5, 5.41) is 4.02. The fraction of sp³-hybridized carbons (Fsp3) is 0.905. The van der Waals surface area contributed by atoms with Gasteiger partial charge in [0.05, 0.1) is 17.7 Å². The lowest BCUT2D eigenvalue weighted by atomic mass is 10.0. The monoisotopic (exact) mass is 353 g/mol. The summed E-state index contributed by atoms with van der Waals surface area (Å²) in [6.45, 7) is 15.7. The van der Waals surface area contributed by atoms with Gasteiger partial charge in [0.15, 0.2) is 0 Å². The molecule has 0 bridgehead atoms. The zero-order valence-corrected chi connectivity index (χ0v) is 17.4. The molecule has 0 aliphatic carbocycles. The Bertz CT molecular complexity index is 379. The van der Waals surface area contributed by atoms with Crippen molar-refractivity contribution >= 4 is 6.09 Å². The van der Waals surface area contributed by atoms with E-state index in [1.807, 2.05) is 11.9 Å². The third-order valence-electron chi connectivity index (χ3n) is 5.85. The van der Waals surface area contributed by atoms with Gasteiger partial charge in [0, 0.05) is 6.54 Å². The summed E-state index contributed by atoms with van der Waals surface area (Å²) in [5.41, 5.74) is 0.0154. The van der Waals surface area contributed by atoms with E-state index in [0.29, 0.717) is 6.61 Å². The van der Waals surface area contributed by atoms with Crippen molar-refractivity contribution in [2.45, 2.75) is 110 Å². The number of hydrogen-bond acceptors (Lipinski definition) is 3. The van der Waals surface area contributed by atoms with Gasteiger partial charge in [-0.15, -0.1) is 0 Å². The maximum Gasteiger partial charge on any atom is 0.424 e. The first-order chi connectivity index (χ1) is 11.8. The maximum absolute atomic E-state index is 12.3. The fourth-order valence-electron chi connectivity index (χ4n) is 3.64. The molecule has 0 aromatic heterocycles. The zero-order valence-electron chi connectivity index (χ0n) is 17.4. The van der Waals surface area contributed by atoms with Gasteiger partial charge >= 0.3 is 6.09 Å². The molecule has 1 heterocycles. The van der Waals surface area contributed by atoms with Crippen molar-refractivity contribution in [1.82, 2.24) is 10.0 Å². The topological polar surface area (TPSA) is 32.6 Å². The highest BCUT2D eigenvalue weighted by Crippen LogP contribution is 2.52. The van der Waals surface area contributed by atoms with Crippen molar-refractivity contribution in [1.29, 1.82) is 0 Å². The highest BCUT2D eigenvalue weighted by Gasteiger charge is 2.66. The Kier molecular flexibility index (Phi) is 9.26. The largest absolute Gasteiger partial charge is 0.449 e. The summed E-state index contributed by atoms with van der Waals surface area (Å²) < 4.78 is 5.28. The van der Waals surface area contributed by atoms with Crippen molar-refractivity contribution in [2.75, 3.05) is 13.2 Å². The Morgan fingerprint density at radius 3 is 1.72 bits per heavy atom. The molecule has 1 amide bonds. The van der Waals surface area contributed by atoms with Crippen molar-refractivity contribution in [3.8, 4) is 0 Å². The highest BCUT2D eigenvalue weighted by atomic mass is 16.6. The van der Waals surface area contributed by atoms with Gasteiger partial charge in [-0.05, 0) is 41.0 Å². The average molecular weight is 354 g/mol. The molecule has 147 valence electrons. The second-order valence-electron chi connectivity index (χ2n) is 8.29. The van der Waals surface area contributed by atoms with Gasteiger partial charge in [0.1, 0.15) is 0 Å². The molecule has 0 aromatic rings. The van der Waals surface area contributed by atoms with Crippen LogP contribution in [-0.2, 0) is 4.74 Å². The minimum atomic E-state index is -0.202. The molecule has 4 heteroatoms. The Hall–Kier alpha value is -0.770. The Balaban J connectivity index is 2.25. The van der Waals surface area contributed by atoms with E-state index in [9.17, 15) is 4.79 Å². The first-order valence-corrected chi connectivity index (χ1v) is 10.3. The third-order valence-corrected chi connectivity index (χ3v) is 5.85. The molecule has 0 spiro atoms. The summed E-state index contributed by atoms with van der Waals surface area (Å²) >= 11 is 0. The van der Waals surface area contributed by atoms with Crippen LogP contribution in [0.2, 0.25) is 0 Å². The van der Waals surface area contributed by atoms with Crippen LogP contribution < -0.4 is 0 Å². The van der Waals surface area contributed by atoms with E-state index in [-0.39, 0.29) is 17.2 Å². The number of nitrogens with zero attached hydrogens (tertiary/aromatic N) is 2. The summed E-state index contributed by atoms with van der Waals surface area (Å²) in [4.78, 5) is 12.3. The van der Waals surface area contributed by atoms with Crippen LogP contribution in [0.5, 0.6) is 0 Å². The number of hydrogen-bond donors (Lipinski definition) is 0. The molecular formula is C21H41N2O2. The summed E-state index contributed by atoms with van der Waals surface area (Å²) in [6.07, 6.45) is 12.3. The summed E-state index contributed by atoms with van der Waals surface area (Å²) in [5.74, 6) is 0. The molecule has 25 heavy (non-hydrogen) atoms. The molecular weight excluding hydrogens is 312 g/mol. The predicted molar refractivity (Wildman–Crippen MR) is 105 cm³/mol. The molecule has 0 N–H and O–H groups in total. The van der Waals surface area contributed by atoms with Gasteiger partial charge in [0.25, 0.3) is 0 Å². The SMILES string of the molecule is [CH2]CCCCCCCCCCCN(C(=O)OCC)N1C(C)(C)C1(C)C. The van der Waals surface area contributed by atoms with Crippen LogP contribution in [-0.4, -0.2) is 40.3 Å². The van der Waals surface area contributed by atoms with E-state index < -0.39 is 0 Å². The van der Waals surface area contributed by atoms with Gasteiger partial charge in [-0.2, -0.15) is 0 Å². The van der Waals surface area contributed by atoms with Crippen molar-refractivity contribution in [2.24, 2.45) is 0 Å². The molecule has 0 atom stereocenters. The van der Waals surface area contributed by atoms with E-state index >= 15 is 0 Å². The Morgan fingerprint density at radius 1 is 0.880 bits per heavy atom. The number of ether oxygens (including phenoxy) is 1. The van der Waals surface area contributed by atoms with Gasteiger partial charge < -0.3 is 4.74 Å². The van der Waals surface area contributed by atoms with Crippen LogP contribution in [0.3, 0.4) is 0 Å². The fourth-order valence-corrected chi connectivity index (χ4v) is 3.64. The van der Waals surface area contributed by atoms with Crippen molar-refractivity contribution in [3.05, 3.63) is 6.92 Å². The van der Waals surface area contributed by atoms with Crippen molar-refractivity contribution in [3.63, 3.8) is 0 Å². The Labute approximate surface area is 156 Å².